The fourth-order valence-corrected chi connectivity index (χ4v) is 4.16. The van der Waals surface area contributed by atoms with E-state index in [2.05, 4.69) is 23.8 Å². The lowest BCUT2D eigenvalue weighted by molar-refractivity contribution is 0.396. The molecule has 1 heterocycles. The molecule has 4 unspecified atom stereocenters. The smallest absolute Gasteiger partial charge is 0.0198 e. The topological polar surface area (TPSA) is 24.1 Å². The van der Waals surface area contributed by atoms with Gasteiger partial charge in [0.15, 0.2) is 0 Å². The van der Waals surface area contributed by atoms with Crippen molar-refractivity contribution in [3.05, 3.63) is 0 Å². The standard InChI is InChI=1S/C13H26N2S/c1-10(9-11-5-4-8-14-11)15-12-6-3-7-13(12)16-2/h10-15H,3-9H2,1-2H3. The molecule has 4 atom stereocenters. The van der Waals surface area contributed by atoms with Crippen molar-refractivity contribution >= 4 is 11.8 Å². The van der Waals surface area contributed by atoms with Gasteiger partial charge in [-0.1, -0.05) is 6.42 Å². The molecule has 0 bridgehead atoms. The minimum atomic E-state index is 0.674. The van der Waals surface area contributed by atoms with Gasteiger partial charge in [0.1, 0.15) is 0 Å². The summed E-state index contributed by atoms with van der Waals surface area (Å²) in [6.07, 6.45) is 10.5. The fraction of sp³-hybridized carbons (Fsp3) is 1.00. The van der Waals surface area contributed by atoms with Gasteiger partial charge in [-0.25, -0.2) is 0 Å². The van der Waals surface area contributed by atoms with Gasteiger partial charge in [-0.2, -0.15) is 11.8 Å². The van der Waals surface area contributed by atoms with Gasteiger partial charge in [-0.15, -0.1) is 0 Å². The molecule has 2 aliphatic rings. The average molecular weight is 242 g/mol. The van der Waals surface area contributed by atoms with Crippen molar-refractivity contribution in [3.8, 4) is 0 Å². The lowest BCUT2D eigenvalue weighted by Gasteiger charge is -2.25. The number of hydrogen-bond donors (Lipinski definition) is 2. The largest absolute Gasteiger partial charge is 0.314 e. The number of hydrogen-bond acceptors (Lipinski definition) is 3. The summed E-state index contributed by atoms with van der Waals surface area (Å²) in [6.45, 7) is 3.59. The van der Waals surface area contributed by atoms with Gasteiger partial charge in [0, 0.05) is 23.4 Å². The van der Waals surface area contributed by atoms with Gasteiger partial charge in [-0.3, -0.25) is 0 Å². The van der Waals surface area contributed by atoms with Crippen molar-refractivity contribution < 1.29 is 0 Å². The average Bonchev–Trinajstić information content (AvgIpc) is 2.88. The lowest BCUT2D eigenvalue weighted by atomic mass is 10.1. The Bertz CT molecular complexity index is 204. The molecule has 0 aromatic carbocycles. The van der Waals surface area contributed by atoms with Crippen molar-refractivity contribution in [2.75, 3.05) is 12.8 Å². The van der Waals surface area contributed by atoms with E-state index < -0.39 is 0 Å². The summed E-state index contributed by atoms with van der Waals surface area (Å²) >= 11 is 2.05. The van der Waals surface area contributed by atoms with Crippen LogP contribution in [-0.4, -0.2) is 36.2 Å². The molecule has 16 heavy (non-hydrogen) atoms. The normalized spacial score (nSPS) is 36.8. The predicted molar refractivity (Wildman–Crippen MR) is 73.2 cm³/mol. The van der Waals surface area contributed by atoms with Crippen LogP contribution in [0, 0.1) is 0 Å². The number of nitrogens with one attached hydrogen (secondary N) is 2. The summed E-state index contributed by atoms with van der Waals surface area (Å²) in [6, 6.07) is 2.22. The van der Waals surface area contributed by atoms with Crippen LogP contribution in [0.1, 0.15) is 45.4 Å². The Hall–Kier alpha value is 0.270. The summed E-state index contributed by atoms with van der Waals surface area (Å²) in [5, 5.41) is 8.30. The van der Waals surface area contributed by atoms with Gasteiger partial charge in [0.25, 0.3) is 0 Å². The first-order valence-electron chi connectivity index (χ1n) is 6.82. The monoisotopic (exact) mass is 242 g/mol. The van der Waals surface area contributed by atoms with E-state index in [9.17, 15) is 0 Å². The second kappa shape index (κ2) is 6.27. The molecule has 1 saturated carbocycles. The Morgan fingerprint density at radius 3 is 2.88 bits per heavy atom. The molecule has 2 fully saturated rings. The maximum Gasteiger partial charge on any atom is 0.0198 e. The molecule has 1 aliphatic carbocycles. The zero-order valence-electron chi connectivity index (χ0n) is 10.7. The molecule has 2 N–H and O–H groups in total. The second-order valence-electron chi connectivity index (χ2n) is 5.41. The molecule has 0 radical (unpaired) electrons. The summed E-state index contributed by atoms with van der Waals surface area (Å²) in [7, 11) is 0. The van der Waals surface area contributed by atoms with Crippen LogP contribution in [0.5, 0.6) is 0 Å². The van der Waals surface area contributed by atoms with Crippen molar-refractivity contribution in [3.63, 3.8) is 0 Å². The van der Waals surface area contributed by atoms with E-state index in [1.807, 2.05) is 11.8 Å². The predicted octanol–water partition coefficient (Wildman–Crippen LogP) is 2.39. The molecule has 2 rings (SSSR count). The first-order chi connectivity index (χ1) is 7.79. The van der Waals surface area contributed by atoms with Crippen molar-refractivity contribution in [2.24, 2.45) is 0 Å². The third-order valence-electron chi connectivity index (χ3n) is 4.05. The Labute approximate surface area is 104 Å². The van der Waals surface area contributed by atoms with Gasteiger partial charge in [-0.05, 0) is 51.8 Å². The minimum absolute atomic E-state index is 0.674. The molecule has 0 aromatic rings. The molecule has 0 spiro atoms. The van der Waals surface area contributed by atoms with E-state index in [4.69, 9.17) is 0 Å². The summed E-state index contributed by atoms with van der Waals surface area (Å²) in [5.41, 5.74) is 0. The van der Waals surface area contributed by atoms with E-state index in [0.717, 1.165) is 17.3 Å². The van der Waals surface area contributed by atoms with Crippen LogP contribution in [-0.2, 0) is 0 Å². The van der Waals surface area contributed by atoms with Crippen LogP contribution >= 0.6 is 11.8 Å². The van der Waals surface area contributed by atoms with E-state index in [-0.39, 0.29) is 0 Å². The van der Waals surface area contributed by atoms with Crippen LogP contribution in [0.25, 0.3) is 0 Å². The number of thioether (sulfide) groups is 1. The summed E-state index contributed by atoms with van der Waals surface area (Å²) in [4.78, 5) is 0. The summed E-state index contributed by atoms with van der Waals surface area (Å²) in [5.74, 6) is 0. The highest BCUT2D eigenvalue weighted by Gasteiger charge is 2.28. The highest BCUT2D eigenvalue weighted by molar-refractivity contribution is 7.99. The quantitative estimate of drug-likeness (QED) is 0.774. The van der Waals surface area contributed by atoms with Gasteiger partial charge in [0.2, 0.25) is 0 Å². The summed E-state index contributed by atoms with van der Waals surface area (Å²) < 4.78 is 0. The molecular formula is C13H26N2S. The maximum absolute atomic E-state index is 3.85. The Morgan fingerprint density at radius 2 is 2.19 bits per heavy atom. The number of rotatable bonds is 5. The van der Waals surface area contributed by atoms with E-state index in [1.54, 1.807) is 0 Å². The highest BCUT2D eigenvalue weighted by atomic mass is 32.2. The first-order valence-corrected chi connectivity index (χ1v) is 8.10. The maximum atomic E-state index is 3.85. The van der Waals surface area contributed by atoms with Crippen molar-refractivity contribution in [1.82, 2.24) is 10.6 Å². The van der Waals surface area contributed by atoms with Crippen LogP contribution in [0.15, 0.2) is 0 Å². The van der Waals surface area contributed by atoms with Crippen LogP contribution in [0.2, 0.25) is 0 Å². The van der Waals surface area contributed by atoms with E-state index in [1.165, 1.54) is 45.1 Å². The van der Waals surface area contributed by atoms with E-state index >= 15 is 0 Å². The molecule has 1 saturated heterocycles. The van der Waals surface area contributed by atoms with Gasteiger partial charge >= 0.3 is 0 Å². The lowest BCUT2D eigenvalue weighted by Crippen LogP contribution is -2.42. The molecule has 0 amide bonds. The van der Waals surface area contributed by atoms with Gasteiger partial charge in [0.05, 0.1) is 0 Å². The van der Waals surface area contributed by atoms with Gasteiger partial charge < -0.3 is 10.6 Å². The molecule has 0 aromatic heterocycles. The zero-order valence-corrected chi connectivity index (χ0v) is 11.5. The van der Waals surface area contributed by atoms with Crippen LogP contribution in [0.3, 0.4) is 0 Å². The third kappa shape index (κ3) is 3.38. The van der Waals surface area contributed by atoms with Crippen LogP contribution in [0.4, 0.5) is 0 Å². The molecular weight excluding hydrogens is 216 g/mol. The molecule has 2 nitrogen and oxygen atoms in total. The fourth-order valence-electron chi connectivity index (χ4n) is 3.22. The Morgan fingerprint density at radius 1 is 1.31 bits per heavy atom. The highest BCUT2D eigenvalue weighted by Crippen LogP contribution is 2.29. The molecule has 3 heteroatoms. The zero-order chi connectivity index (χ0) is 11.4. The first kappa shape index (κ1) is 12.7. The molecule has 1 aliphatic heterocycles. The van der Waals surface area contributed by atoms with E-state index in [0.29, 0.717) is 6.04 Å². The van der Waals surface area contributed by atoms with Crippen LogP contribution < -0.4 is 10.6 Å². The third-order valence-corrected chi connectivity index (χ3v) is 5.22. The van der Waals surface area contributed by atoms with Crippen molar-refractivity contribution in [2.45, 2.75) is 68.8 Å². The Kier molecular flexibility index (Phi) is 4.98. The SMILES string of the molecule is CSC1CCCC1NC(C)CC1CCCN1. The second-order valence-corrected chi connectivity index (χ2v) is 6.49. The Balaban J connectivity index is 1.71. The minimum Gasteiger partial charge on any atom is -0.314 e. The molecule has 94 valence electrons. The van der Waals surface area contributed by atoms with Crippen molar-refractivity contribution in [1.29, 1.82) is 0 Å².